The van der Waals surface area contributed by atoms with Crippen LogP contribution >= 0.6 is 11.3 Å². The van der Waals surface area contributed by atoms with Gasteiger partial charge in [-0.05, 0) is 43.2 Å². The third-order valence-electron chi connectivity index (χ3n) is 2.66. The SMILES string of the molecule is CCOC(=O)c1sc(-c2ccc(F)c(C)c2)cc1N. The van der Waals surface area contributed by atoms with Gasteiger partial charge in [0.05, 0.1) is 12.3 Å². The average molecular weight is 279 g/mol. The second kappa shape index (κ2) is 5.40. The smallest absolute Gasteiger partial charge is 0.350 e. The number of carbonyl (C=O) groups excluding carboxylic acids is 1. The van der Waals surface area contributed by atoms with E-state index in [1.54, 1.807) is 32.0 Å². The molecule has 3 nitrogen and oxygen atoms in total. The van der Waals surface area contributed by atoms with Crippen LogP contribution in [0.15, 0.2) is 24.3 Å². The number of hydrogen-bond acceptors (Lipinski definition) is 4. The second-order valence-electron chi connectivity index (χ2n) is 4.08. The summed E-state index contributed by atoms with van der Waals surface area (Å²) in [6.07, 6.45) is 0. The first-order valence-electron chi connectivity index (χ1n) is 5.86. The molecule has 5 heteroatoms. The summed E-state index contributed by atoms with van der Waals surface area (Å²) in [7, 11) is 0. The van der Waals surface area contributed by atoms with Crippen LogP contribution in [0.3, 0.4) is 0 Å². The lowest BCUT2D eigenvalue weighted by Gasteiger charge is -2.00. The minimum absolute atomic E-state index is 0.251. The fourth-order valence-corrected chi connectivity index (χ4v) is 2.67. The molecule has 0 atom stereocenters. The highest BCUT2D eigenvalue weighted by Crippen LogP contribution is 2.34. The Morgan fingerprint density at radius 1 is 1.42 bits per heavy atom. The molecule has 1 aromatic heterocycles. The summed E-state index contributed by atoms with van der Waals surface area (Å²) >= 11 is 1.25. The Morgan fingerprint density at radius 3 is 2.79 bits per heavy atom. The van der Waals surface area contributed by atoms with E-state index in [1.807, 2.05) is 0 Å². The van der Waals surface area contributed by atoms with Crippen LogP contribution in [0, 0.1) is 12.7 Å². The van der Waals surface area contributed by atoms with Gasteiger partial charge in [-0.15, -0.1) is 11.3 Å². The summed E-state index contributed by atoms with van der Waals surface area (Å²) in [6, 6.07) is 6.52. The van der Waals surface area contributed by atoms with Crippen molar-refractivity contribution >= 4 is 23.0 Å². The normalized spacial score (nSPS) is 10.5. The predicted octanol–water partition coefficient (Wildman–Crippen LogP) is 3.62. The number of hydrogen-bond donors (Lipinski definition) is 1. The number of carbonyl (C=O) groups is 1. The van der Waals surface area contributed by atoms with E-state index >= 15 is 0 Å². The van der Waals surface area contributed by atoms with Crippen molar-refractivity contribution in [2.24, 2.45) is 0 Å². The van der Waals surface area contributed by atoms with Crippen molar-refractivity contribution in [3.63, 3.8) is 0 Å². The number of nitrogens with two attached hydrogens (primary N) is 1. The van der Waals surface area contributed by atoms with Gasteiger partial charge in [0, 0.05) is 4.88 Å². The summed E-state index contributed by atoms with van der Waals surface area (Å²) < 4.78 is 18.2. The molecule has 100 valence electrons. The molecule has 2 aromatic rings. The summed E-state index contributed by atoms with van der Waals surface area (Å²) in [4.78, 5) is 12.9. The average Bonchev–Trinajstić information content (AvgIpc) is 2.75. The van der Waals surface area contributed by atoms with Gasteiger partial charge < -0.3 is 10.5 Å². The van der Waals surface area contributed by atoms with E-state index < -0.39 is 5.97 Å². The minimum atomic E-state index is -0.421. The Bertz CT molecular complexity index is 622. The van der Waals surface area contributed by atoms with Gasteiger partial charge in [0.1, 0.15) is 10.7 Å². The number of thiophene rings is 1. The Balaban J connectivity index is 2.38. The quantitative estimate of drug-likeness (QED) is 0.873. The Hall–Kier alpha value is -1.88. The topological polar surface area (TPSA) is 52.3 Å². The number of benzene rings is 1. The number of rotatable bonds is 3. The van der Waals surface area contributed by atoms with Crippen molar-refractivity contribution in [1.29, 1.82) is 0 Å². The van der Waals surface area contributed by atoms with Crippen LogP contribution in [0.2, 0.25) is 0 Å². The Labute approximate surface area is 114 Å². The maximum Gasteiger partial charge on any atom is 0.350 e. The number of esters is 1. The molecule has 0 bridgehead atoms. The molecule has 0 amide bonds. The highest BCUT2D eigenvalue weighted by molar-refractivity contribution is 7.18. The first-order chi connectivity index (χ1) is 9.02. The molecule has 0 saturated carbocycles. The molecular formula is C14H14FNO2S. The summed E-state index contributed by atoms with van der Waals surface area (Å²) in [5.74, 6) is -0.672. The van der Waals surface area contributed by atoms with Crippen molar-refractivity contribution < 1.29 is 13.9 Å². The van der Waals surface area contributed by atoms with Gasteiger partial charge in [0.25, 0.3) is 0 Å². The summed E-state index contributed by atoms with van der Waals surface area (Å²) in [5.41, 5.74) is 7.60. The number of aryl methyl sites for hydroxylation is 1. The van der Waals surface area contributed by atoms with Crippen LogP contribution in [0.5, 0.6) is 0 Å². The largest absolute Gasteiger partial charge is 0.462 e. The monoisotopic (exact) mass is 279 g/mol. The van der Waals surface area contributed by atoms with E-state index in [9.17, 15) is 9.18 Å². The van der Waals surface area contributed by atoms with Crippen LogP contribution in [0.1, 0.15) is 22.2 Å². The molecule has 0 fully saturated rings. The maximum absolute atomic E-state index is 13.2. The Kier molecular flexibility index (Phi) is 3.85. The standard InChI is InChI=1S/C14H14FNO2S/c1-3-18-14(17)13-11(16)7-12(19-13)9-4-5-10(15)8(2)6-9/h4-7H,3,16H2,1-2H3. The van der Waals surface area contributed by atoms with Crippen molar-refractivity contribution in [2.75, 3.05) is 12.3 Å². The maximum atomic E-state index is 13.2. The predicted molar refractivity (Wildman–Crippen MR) is 74.8 cm³/mol. The molecule has 0 radical (unpaired) electrons. The van der Waals surface area contributed by atoms with Gasteiger partial charge in [-0.25, -0.2) is 9.18 Å². The molecule has 0 saturated heterocycles. The van der Waals surface area contributed by atoms with E-state index in [2.05, 4.69) is 0 Å². The second-order valence-corrected chi connectivity index (χ2v) is 5.13. The molecule has 1 aromatic carbocycles. The van der Waals surface area contributed by atoms with Gasteiger partial charge in [0.2, 0.25) is 0 Å². The van der Waals surface area contributed by atoms with Crippen molar-refractivity contribution in [2.45, 2.75) is 13.8 Å². The van der Waals surface area contributed by atoms with E-state index in [0.717, 1.165) is 10.4 Å². The summed E-state index contributed by atoms with van der Waals surface area (Å²) in [6.45, 7) is 3.75. The molecule has 0 aliphatic heterocycles. The van der Waals surface area contributed by atoms with E-state index in [1.165, 1.54) is 17.4 Å². The van der Waals surface area contributed by atoms with Gasteiger partial charge >= 0.3 is 5.97 Å². The van der Waals surface area contributed by atoms with Crippen LogP contribution < -0.4 is 5.73 Å². The van der Waals surface area contributed by atoms with E-state index in [4.69, 9.17) is 10.5 Å². The minimum Gasteiger partial charge on any atom is -0.462 e. The van der Waals surface area contributed by atoms with Gasteiger partial charge in [-0.2, -0.15) is 0 Å². The number of nitrogen functional groups attached to an aromatic ring is 1. The molecule has 1 heterocycles. The molecule has 2 N–H and O–H groups in total. The molecule has 2 rings (SSSR count). The summed E-state index contributed by atoms with van der Waals surface area (Å²) in [5, 5.41) is 0. The number of anilines is 1. The number of ether oxygens (including phenoxy) is 1. The van der Waals surface area contributed by atoms with Crippen molar-refractivity contribution in [1.82, 2.24) is 0 Å². The fraction of sp³-hybridized carbons (Fsp3) is 0.214. The van der Waals surface area contributed by atoms with Crippen molar-refractivity contribution in [3.8, 4) is 10.4 Å². The zero-order valence-electron chi connectivity index (χ0n) is 10.7. The zero-order valence-corrected chi connectivity index (χ0v) is 11.5. The first kappa shape index (κ1) is 13.5. The fourth-order valence-electron chi connectivity index (χ4n) is 1.70. The Morgan fingerprint density at radius 2 is 2.16 bits per heavy atom. The lowest BCUT2D eigenvalue weighted by atomic mass is 10.1. The number of halogens is 1. The zero-order chi connectivity index (χ0) is 14.0. The molecule has 19 heavy (non-hydrogen) atoms. The van der Waals surface area contributed by atoms with Crippen LogP contribution in [0.25, 0.3) is 10.4 Å². The van der Waals surface area contributed by atoms with Gasteiger partial charge in [-0.3, -0.25) is 0 Å². The first-order valence-corrected chi connectivity index (χ1v) is 6.67. The molecular weight excluding hydrogens is 265 g/mol. The molecule has 0 aliphatic rings. The van der Waals surface area contributed by atoms with Gasteiger partial charge in [-0.1, -0.05) is 6.07 Å². The van der Waals surface area contributed by atoms with Crippen molar-refractivity contribution in [3.05, 3.63) is 40.5 Å². The molecule has 0 spiro atoms. The van der Waals surface area contributed by atoms with Crippen LogP contribution in [0.4, 0.5) is 10.1 Å². The lowest BCUT2D eigenvalue weighted by molar-refractivity contribution is 0.0533. The van der Waals surface area contributed by atoms with Crippen LogP contribution in [-0.2, 0) is 4.74 Å². The highest BCUT2D eigenvalue weighted by Gasteiger charge is 2.16. The van der Waals surface area contributed by atoms with E-state index in [-0.39, 0.29) is 5.82 Å². The van der Waals surface area contributed by atoms with Gasteiger partial charge in [0.15, 0.2) is 0 Å². The van der Waals surface area contributed by atoms with E-state index in [0.29, 0.717) is 22.7 Å². The van der Waals surface area contributed by atoms with Crippen LogP contribution in [-0.4, -0.2) is 12.6 Å². The molecule has 0 unspecified atom stereocenters. The molecule has 0 aliphatic carbocycles. The third kappa shape index (κ3) is 2.76. The lowest BCUT2D eigenvalue weighted by Crippen LogP contribution is -2.04. The third-order valence-corrected chi connectivity index (χ3v) is 3.84. The highest BCUT2D eigenvalue weighted by atomic mass is 32.1.